The number of hydrogen-bond donors (Lipinski definition) is 3. The molecule has 3 rings (SSSR count). The monoisotopic (exact) mass is 509 g/mol. The van der Waals surface area contributed by atoms with Crippen LogP contribution in [0, 0.1) is 18.8 Å². The minimum Gasteiger partial charge on any atom is -0.453 e. The van der Waals surface area contributed by atoms with Crippen LogP contribution >= 0.6 is 11.3 Å². The molecule has 198 valence electrons. The van der Waals surface area contributed by atoms with E-state index in [2.05, 4.69) is 25.7 Å². The van der Waals surface area contributed by atoms with E-state index in [9.17, 15) is 9.59 Å². The van der Waals surface area contributed by atoms with Crippen molar-refractivity contribution in [1.82, 2.24) is 25.8 Å². The van der Waals surface area contributed by atoms with E-state index in [1.807, 2.05) is 24.3 Å². The van der Waals surface area contributed by atoms with Crippen LogP contribution in [0.1, 0.15) is 68.2 Å². The van der Waals surface area contributed by atoms with Gasteiger partial charge in [0.25, 0.3) is 0 Å². The summed E-state index contributed by atoms with van der Waals surface area (Å²) in [6.07, 6.45) is 8.78. The average Bonchev–Trinajstić information content (AvgIpc) is 3.30. The van der Waals surface area contributed by atoms with E-state index in [1.165, 1.54) is 39.2 Å². The molecule has 10 heteroatoms. The highest BCUT2D eigenvalue weighted by Gasteiger charge is 2.33. The SMILES string of the molecule is CNC[C@H](CC1CCCCC1)NC(=O)N1CCC[C@H](C(OCCNC(=O)OC)c2nc(C)cs2)C1. The van der Waals surface area contributed by atoms with Gasteiger partial charge in [0, 0.05) is 49.2 Å². The van der Waals surface area contributed by atoms with Gasteiger partial charge in [0.15, 0.2) is 0 Å². The number of nitrogens with zero attached hydrogens (tertiary/aromatic N) is 2. The number of aryl methyl sites for hydroxylation is 1. The van der Waals surface area contributed by atoms with Gasteiger partial charge in [-0.05, 0) is 39.2 Å². The van der Waals surface area contributed by atoms with Crippen molar-refractivity contribution in [2.45, 2.75) is 70.4 Å². The maximum absolute atomic E-state index is 13.3. The van der Waals surface area contributed by atoms with Crippen LogP contribution in [-0.2, 0) is 9.47 Å². The molecule has 1 aromatic rings. The number of aromatic nitrogens is 1. The fraction of sp³-hybridized carbons (Fsp3) is 0.800. The lowest BCUT2D eigenvalue weighted by atomic mass is 9.85. The summed E-state index contributed by atoms with van der Waals surface area (Å²) in [6, 6.07) is 0.168. The first kappa shape index (κ1) is 27.7. The Morgan fingerprint density at radius 3 is 2.71 bits per heavy atom. The van der Waals surface area contributed by atoms with Gasteiger partial charge in [-0.2, -0.15) is 0 Å². The number of methoxy groups -OCH3 is 1. The predicted molar refractivity (Wildman–Crippen MR) is 138 cm³/mol. The third-order valence-corrected chi connectivity index (χ3v) is 8.05. The highest BCUT2D eigenvalue weighted by atomic mass is 32.1. The van der Waals surface area contributed by atoms with Gasteiger partial charge < -0.3 is 30.3 Å². The summed E-state index contributed by atoms with van der Waals surface area (Å²) in [4.78, 5) is 31.3. The van der Waals surface area contributed by atoms with Crippen LogP contribution < -0.4 is 16.0 Å². The topological polar surface area (TPSA) is 105 Å². The lowest BCUT2D eigenvalue weighted by Crippen LogP contribution is -2.52. The van der Waals surface area contributed by atoms with Crippen molar-refractivity contribution < 1.29 is 19.1 Å². The molecule has 3 N–H and O–H groups in total. The summed E-state index contributed by atoms with van der Waals surface area (Å²) in [7, 11) is 3.29. The van der Waals surface area contributed by atoms with E-state index >= 15 is 0 Å². The normalized spacial score (nSPS) is 20.8. The first-order valence-electron chi connectivity index (χ1n) is 13.1. The van der Waals surface area contributed by atoms with E-state index in [4.69, 9.17) is 4.74 Å². The van der Waals surface area contributed by atoms with Crippen LogP contribution in [0.2, 0.25) is 0 Å². The van der Waals surface area contributed by atoms with Crippen molar-refractivity contribution in [2.24, 2.45) is 11.8 Å². The number of carbonyl (C=O) groups is 2. The number of likely N-dealkylation sites (tertiary alicyclic amines) is 1. The summed E-state index contributed by atoms with van der Waals surface area (Å²) >= 11 is 1.59. The summed E-state index contributed by atoms with van der Waals surface area (Å²) < 4.78 is 10.9. The molecule has 2 aliphatic rings. The Balaban J connectivity index is 1.58. The molecule has 0 aromatic carbocycles. The Bertz CT molecular complexity index is 786. The summed E-state index contributed by atoms with van der Waals surface area (Å²) in [5.41, 5.74) is 0.967. The molecule has 1 saturated carbocycles. The molecule has 1 aliphatic heterocycles. The van der Waals surface area contributed by atoms with Crippen molar-refractivity contribution >= 4 is 23.5 Å². The van der Waals surface area contributed by atoms with Crippen LogP contribution in [0.15, 0.2) is 5.38 Å². The average molecular weight is 510 g/mol. The van der Waals surface area contributed by atoms with E-state index in [0.717, 1.165) is 43.1 Å². The van der Waals surface area contributed by atoms with Gasteiger partial charge >= 0.3 is 12.1 Å². The molecular weight excluding hydrogens is 466 g/mol. The molecule has 3 atom stereocenters. The molecule has 35 heavy (non-hydrogen) atoms. The number of piperidine rings is 1. The van der Waals surface area contributed by atoms with Gasteiger partial charge in [-0.1, -0.05) is 32.1 Å². The molecule has 1 aliphatic carbocycles. The van der Waals surface area contributed by atoms with Crippen molar-refractivity contribution in [2.75, 3.05) is 46.9 Å². The number of carbonyl (C=O) groups excluding carboxylic acids is 2. The minimum absolute atomic E-state index is 0.0205. The van der Waals surface area contributed by atoms with Gasteiger partial charge in [0.1, 0.15) is 11.1 Å². The second-order valence-corrected chi connectivity index (χ2v) is 10.7. The number of rotatable bonds is 11. The molecule has 0 bridgehead atoms. The molecule has 1 aromatic heterocycles. The standard InChI is InChI=1S/C25H43N5O4S/c1-18-17-35-23(28-18)22(34-13-11-27-25(32)33-3)20-10-7-12-30(16-20)24(31)29-21(15-26-2)14-19-8-5-4-6-9-19/h17,19-22,26H,4-16H2,1-3H3,(H,27,32)(H,29,31)/t20-,21-,22?/m0/s1. The summed E-state index contributed by atoms with van der Waals surface area (Å²) in [6.45, 7) is 4.87. The molecule has 2 fully saturated rings. The van der Waals surface area contributed by atoms with Crippen molar-refractivity contribution in [3.05, 3.63) is 16.1 Å². The van der Waals surface area contributed by atoms with Crippen LogP contribution in [0.3, 0.4) is 0 Å². The number of nitrogens with one attached hydrogen (secondary N) is 3. The van der Waals surface area contributed by atoms with E-state index < -0.39 is 6.09 Å². The van der Waals surface area contributed by atoms with Gasteiger partial charge in [-0.25, -0.2) is 14.6 Å². The maximum atomic E-state index is 13.3. The molecule has 9 nitrogen and oxygen atoms in total. The zero-order valence-electron chi connectivity index (χ0n) is 21.5. The second-order valence-electron chi connectivity index (χ2n) is 9.83. The number of alkyl carbamates (subject to hydrolysis) is 1. The first-order valence-corrected chi connectivity index (χ1v) is 13.9. The van der Waals surface area contributed by atoms with Gasteiger partial charge in [0.05, 0.1) is 13.7 Å². The van der Waals surface area contributed by atoms with E-state index in [1.54, 1.807) is 11.3 Å². The molecule has 2 heterocycles. The molecule has 3 amide bonds. The predicted octanol–water partition coefficient (Wildman–Crippen LogP) is 3.85. The maximum Gasteiger partial charge on any atom is 0.406 e. The summed E-state index contributed by atoms with van der Waals surface area (Å²) in [5.74, 6) is 0.861. The Kier molecular flexibility index (Phi) is 11.5. The smallest absolute Gasteiger partial charge is 0.406 e. The third-order valence-electron chi connectivity index (χ3n) is 7.03. The van der Waals surface area contributed by atoms with Gasteiger partial charge in [-0.15, -0.1) is 11.3 Å². The Hall–Kier alpha value is -1.91. The highest BCUT2D eigenvalue weighted by Crippen LogP contribution is 2.34. The zero-order valence-corrected chi connectivity index (χ0v) is 22.3. The zero-order chi connectivity index (χ0) is 25.0. The van der Waals surface area contributed by atoms with Crippen LogP contribution in [0.4, 0.5) is 9.59 Å². The Morgan fingerprint density at radius 1 is 1.23 bits per heavy atom. The lowest BCUT2D eigenvalue weighted by molar-refractivity contribution is -0.00881. The highest BCUT2D eigenvalue weighted by molar-refractivity contribution is 7.09. The van der Waals surface area contributed by atoms with Crippen molar-refractivity contribution in [1.29, 1.82) is 0 Å². The van der Waals surface area contributed by atoms with Crippen LogP contribution in [0.5, 0.6) is 0 Å². The fourth-order valence-electron chi connectivity index (χ4n) is 5.30. The van der Waals surface area contributed by atoms with E-state index in [-0.39, 0.29) is 24.1 Å². The van der Waals surface area contributed by atoms with Gasteiger partial charge in [-0.3, -0.25) is 0 Å². The number of ether oxygens (including phenoxy) is 2. The van der Waals surface area contributed by atoms with Crippen LogP contribution in [0.25, 0.3) is 0 Å². The van der Waals surface area contributed by atoms with Crippen molar-refractivity contribution in [3.63, 3.8) is 0 Å². The van der Waals surface area contributed by atoms with Crippen molar-refractivity contribution in [3.8, 4) is 0 Å². The number of hydrogen-bond acceptors (Lipinski definition) is 7. The first-order chi connectivity index (χ1) is 17.0. The quantitative estimate of drug-likeness (QED) is 0.392. The second kappa shape index (κ2) is 14.6. The molecule has 0 radical (unpaired) electrons. The fourth-order valence-corrected chi connectivity index (χ4v) is 6.23. The number of amides is 3. The minimum atomic E-state index is -0.472. The van der Waals surface area contributed by atoms with Crippen LogP contribution in [-0.4, -0.2) is 75.0 Å². The summed E-state index contributed by atoms with van der Waals surface area (Å²) in [5, 5.41) is 12.2. The lowest BCUT2D eigenvalue weighted by Gasteiger charge is -2.37. The largest absolute Gasteiger partial charge is 0.453 e. The third kappa shape index (κ3) is 8.91. The molecule has 1 saturated heterocycles. The number of urea groups is 1. The molecular formula is C25H43N5O4S. The number of likely N-dealkylation sites (N-methyl/N-ethyl adjacent to an activating group) is 1. The van der Waals surface area contributed by atoms with E-state index in [0.29, 0.717) is 25.6 Å². The Morgan fingerprint density at radius 2 is 2.03 bits per heavy atom. The van der Waals surface area contributed by atoms with Gasteiger partial charge in [0.2, 0.25) is 0 Å². The molecule has 1 unspecified atom stereocenters. The molecule has 0 spiro atoms. The Labute approximate surface area is 213 Å². The number of thiazole rings is 1.